The number of anilines is 3. The lowest BCUT2D eigenvalue weighted by molar-refractivity contribution is 1.28. The maximum atomic E-state index is 2.37. The molecule has 0 aliphatic carbocycles. The topological polar surface area (TPSA) is 3.24 Å². The average molecular weight is 752 g/mol. The van der Waals surface area contributed by atoms with Crippen molar-refractivity contribution < 1.29 is 0 Å². The van der Waals surface area contributed by atoms with Crippen molar-refractivity contribution in [2.75, 3.05) is 4.90 Å². The quantitative estimate of drug-likeness (QED) is 0.142. The zero-order valence-electron chi connectivity index (χ0n) is 32.6. The van der Waals surface area contributed by atoms with Crippen molar-refractivity contribution in [1.82, 2.24) is 0 Å². The Balaban J connectivity index is 1.03. The lowest BCUT2D eigenvalue weighted by Gasteiger charge is -2.26. The van der Waals surface area contributed by atoms with Gasteiger partial charge in [-0.15, -0.1) is 0 Å². The van der Waals surface area contributed by atoms with Crippen LogP contribution in [0.15, 0.2) is 249 Å². The fourth-order valence-corrected chi connectivity index (χ4v) is 8.24. The molecule has 0 N–H and O–H groups in total. The smallest absolute Gasteiger partial charge is 0.0467 e. The minimum Gasteiger partial charge on any atom is -0.310 e. The fraction of sp³-hybridized carbons (Fsp3) is 0. The first-order chi connectivity index (χ1) is 29.2. The molecule has 0 aliphatic heterocycles. The van der Waals surface area contributed by atoms with Crippen molar-refractivity contribution in [1.29, 1.82) is 0 Å². The van der Waals surface area contributed by atoms with Gasteiger partial charge in [0.15, 0.2) is 0 Å². The van der Waals surface area contributed by atoms with Gasteiger partial charge < -0.3 is 4.90 Å². The Morgan fingerprint density at radius 1 is 0.203 bits per heavy atom. The molecule has 1 nitrogen and oxygen atoms in total. The third-order valence-corrected chi connectivity index (χ3v) is 11.3. The molecule has 278 valence electrons. The Kier molecular flexibility index (Phi) is 9.68. The van der Waals surface area contributed by atoms with Crippen LogP contribution < -0.4 is 4.90 Å². The van der Waals surface area contributed by atoms with E-state index >= 15 is 0 Å². The molecule has 0 spiro atoms. The summed E-state index contributed by atoms with van der Waals surface area (Å²) in [5.41, 5.74) is 17.7. The van der Waals surface area contributed by atoms with E-state index in [4.69, 9.17) is 0 Å². The van der Waals surface area contributed by atoms with Gasteiger partial charge in [-0.05, 0) is 132 Å². The van der Waals surface area contributed by atoms with Crippen molar-refractivity contribution in [3.63, 3.8) is 0 Å². The van der Waals surface area contributed by atoms with Gasteiger partial charge in [-0.3, -0.25) is 0 Å². The Morgan fingerprint density at radius 3 is 1.10 bits per heavy atom. The maximum Gasteiger partial charge on any atom is 0.0467 e. The molecule has 1 heteroatoms. The van der Waals surface area contributed by atoms with Crippen molar-refractivity contribution in [3.8, 4) is 66.8 Å². The number of hydrogen-bond donors (Lipinski definition) is 0. The Morgan fingerprint density at radius 2 is 0.559 bits per heavy atom. The standard InChI is InChI=1S/C58H41N/c1-3-14-42(15-4-1)47-20-9-22-49(38-47)44-30-34-54(35-31-44)59(55-36-32-45(33-37-55)50-23-10-21-48(39-50)43-16-5-2-6-17-43)56-27-12-25-52(41-56)51-24-11-26-53(40-51)58-29-13-19-46-18-7-8-28-57(46)58/h1-41H. The molecule has 0 aromatic heterocycles. The van der Waals surface area contributed by atoms with Crippen molar-refractivity contribution in [3.05, 3.63) is 249 Å². The molecule has 0 amide bonds. The molecular formula is C58H41N. The van der Waals surface area contributed by atoms with Gasteiger partial charge in [-0.25, -0.2) is 0 Å². The number of nitrogens with zero attached hydrogens (tertiary/aromatic N) is 1. The van der Waals surface area contributed by atoms with E-state index in [1.807, 2.05) is 0 Å². The van der Waals surface area contributed by atoms with E-state index in [0.717, 1.165) is 17.1 Å². The molecule has 0 saturated heterocycles. The molecule has 10 rings (SSSR count). The normalized spacial score (nSPS) is 11.1. The van der Waals surface area contributed by atoms with Crippen LogP contribution in [-0.4, -0.2) is 0 Å². The summed E-state index contributed by atoms with van der Waals surface area (Å²) in [6, 6.07) is 89.8. The molecular weight excluding hydrogens is 711 g/mol. The number of fused-ring (bicyclic) bond motifs is 1. The number of hydrogen-bond acceptors (Lipinski definition) is 1. The third kappa shape index (κ3) is 7.46. The van der Waals surface area contributed by atoms with E-state index in [-0.39, 0.29) is 0 Å². The molecule has 59 heavy (non-hydrogen) atoms. The SMILES string of the molecule is c1ccc(-c2cccc(-c3ccc(N(c4ccc(-c5cccc(-c6ccccc6)c5)cc4)c4cccc(-c5cccc(-c6cccc7ccccc67)c5)c4)cc3)c2)cc1. The highest BCUT2D eigenvalue weighted by molar-refractivity contribution is 5.97. The minimum absolute atomic E-state index is 1.09. The molecule has 0 atom stereocenters. The first-order valence-electron chi connectivity index (χ1n) is 20.2. The third-order valence-electron chi connectivity index (χ3n) is 11.3. The number of benzene rings is 10. The zero-order chi connectivity index (χ0) is 39.4. The van der Waals surface area contributed by atoms with Crippen molar-refractivity contribution in [2.45, 2.75) is 0 Å². The molecule has 0 aliphatic rings. The lowest BCUT2D eigenvalue weighted by Crippen LogP contribution is -2.10. The first kappa shape index (κ1) is 35.7. The summed E-state index contributed by atoms with van der Waals surface area (Å²) >= 11 is 0. The predicted octanol–water partition coefficient (Wildman–Crippen LogP) is 16.3. The van der Waals surface area contributed by atoms with Crippen LogP contribution in [0.3, 0.4) is 0 Å². The first-order valence-corrected chi connectivity index (χ1v) is 20.2. The molecule has 0 saturated carbocycles. The van der Waals surface area contributed by atoms with E-state index < -0.39 is 0 Å². The fourth-order valence-electron chi connectivity index (χ4n) is 8.24. The van der Waals surface area contributed by atoms with Gasteiger partial charge in [0, 0.05) is 17.1 Å². The van der Waals surface area contributed by atoms with Crippen molar-refractivity contribution >= 4 is 27.8 Å². The summed E-state index contributed by atoms with van der Waals surface area (Å²) < 4.78 is 0. The Bertz CT molecular complexity index is 2890. The predicted molar refractivity (Wildman–Crippen MR) is 251 cm³/mol. The van der Waals surface area contributed by atoms with Crippen LogP contribution in [0.5, 0.6) is 0 Å². The zero-order valence-corrected chi connectivity index (χ0v) is 32.6. The van der Waals surface area contributed by atoms with Gasteiger partial charge in [0.05, 0.1) is 0 Å². The van der Waals surface area contributed by atoms with Crippen LogP contribution in [0.1, 0.15) is 0 Å². The van der Waals surface area contributed by atoms with E-state index in [1.54, 1.807) is 0 Å². The van der Waals surface area contributed by atoms with Gasteiger partial charge in [-0.1, -0.05) is 194 Å². The lowest BCUT2D eigenvalue weighted by atomic mass is 9.95. The van der Waals surface area contributed by atoms with Gasteiger partial charge >= 0.3 is 0 Å². The van der Waals surface area contributed by atoms with Crippen molar-refractivity contribution in [2.24, 2.45) is 0 Å². The van der Waals surface area contributed by atoms with Gasteiger partial charge in [0.1, 0.15) is 0 Å². The maximum absolute atomic E-state index is 2.37. The second-order valence-electron chi connectivity index (χ2n) is 15.0. The molecule has 0 unspecified atom stereocenters. The second kappa shape index (κ2) is 16.0. The molecule has 0 fully saturated rings. The average Bonchev–Trinajstić information content (AvgIpc) is 3.33. The van der Waals surface area contributed by atoms with E-state index in [9.17, 15) is 0 Å². The van der Waals surface area contributed by atoms with Crippen LogP contribution in [0.25, 0.3) is 77.5 Å². The number of rotatable bonds is 9. The summed E-state index contributed by atoms with van der Waals surface area (Å²) in [4.78, 5) is 2.37. The Labute approximate surface area is 346 Å². The summed E-state index contributed by atoms with van der Waals surface area (Å²) in [5, 5.41) is 2.51. The minimum atomic E-state index is 1.09. The highest BCUT2D eigenvalue weighted by Gasteiger charge is 2.15. The van der Waals surface area contributed by atoms with Crippen LogP contribution in [0.4, 0.5) is 17.1 Å². The summed E-state index contributed by atoms with van der Waals surface area (Å²) in [6.45, 7) is 0. The van der Waals surface area contributed by atoms with Crippen LogP contribution in [-0.2, 0) is 0 Å². The summed E-state index contributed by atoms with van der Waals surface area (Å²) in [6.07, 6.45) is 0. The van der Waals surface area contributed by atoms with Crippen LogP contribution >= 0.6 is 0 Å². The van der Waals surface area contributed by atoms with E-state index in [2.05, 4.69) is 254 Å². The molecule has 0 bridgehead atoms. The molecule has 0 radical (unpaired) electrons. The monoisotopic (exact) mass is 751 g/mol. The summed E-state index contributed by atoms with van der Waals surface area (Å²) in [5.74, 6) is 0. The Hall–Kier alpha value is -7.74. The largest absolute Gasteiger partial charge is 0.310 e. The summed E-state index contributed by atoms with van der Waals surface area (Å²) in [7, 11) is 0. The molecule has 10 aromatic rings. The van der Waals surface area contributed by atoms with Crippen LogP contribution in [0.2, 0.25) is 0 Å². The highest BCUT2D eigenvalue weighted by Crippen LogP contribution is 2.40. The van der Waals surface area contributed by atoms with Gasteiger partial charge in [0.2, 0.25) is 0 Å². The van der Waals surface area contributed by atoms with E-state index in [0.29, 0.717) is 0 Å². The van der Waals surface area contributed by atoms with Gasteiger partial charge in [-0.2, -0.15) is 0 Å². The van der Waals surface area contributed by atoms with E-state index in [1.165, 1.54) is 77.5 Å². The molecule has 10 aromatic carbocycles. The van der Waals surface area contributed by atoms with Crippen LogP contribution in [0, 0.1) is 0 Å². The second-order valence-corrected chi connectivity index (χ2v) is 15.0. The molecule has 0 heterocycles. The van der Waals surface area contributed by atoms with Gasteiger partial charge in [0.25, 0.3) is 0 Å². The highest BCUT2D eigenvalue weighted by atomic mass is 15.1.